The first-order valence-electron chi connectivity index (χ1n) is 13.2. The molecule has 0 aliphatic rings. The molecular formula is C30H33F3N6O2. The van der Waals surface area contributed by atoms with Gasteiger partial charge in [0.2, 0.25) is 0 Å². The third-order valence-corrected chi connectivity index (χ3v) is 6.41. The van der Waals surface area contributed by atoms with Gasteiger partial charge in [0.05, 0.1) is 11.3 Å². The van der Waals surface area contributed by atoms with Crippen LogP contribution in [0, 0.1) is 13.8 Å². The number of alkyl halides is 3. The smallest absolute Gasteiger partial charge is 0.416 e. The molecule has 41 heavy (non-hydrogen) atoms. The number of halogens is 3. The van der Waals surface area contributed by atoms with Crippen molar-refractivity contribution in [2.45, 2.75) is 39.8 Å². The number of anilines is 2. The molecular weight excluding hydrogens is 533 g/mol. The molecule has 2 aromatic carbocycles. The van der Waals surface area contributed by atoms with E-state index in [0.29, 0.717) is 23.7 Å². The topological polar surface area (TPSA) is 85.2 Å². The molecule has 0 aliphatic carbocycles. The molecule has 1 N–H and O–H groups in total. The normalized spacial score (nSPS) is 11.6. The van der Waals surface area contributed by atoms with E-state index in [1.807, 2.05) is 64.0 Å². The molecule has 0 saturated heterocycles. The molecule has 0 radical (unpaired) electrons. The number of ether oxygens (including phenoxy) is 1. The third kappa shape index (κ3) is 7.69. The second kappa shape index (κ2) is 12.5. The van der Waals surface area contributed by atoms with Crippen LogP contribution in [0.1, 0.15) is 45.4 Å². The highest BCUT2D eigenvalue weighted by Crippen LogP contribution is 2.33. The molecule has 11 heteroatoms. The summed E-state index contributed by atoms with van der Waals surface area (Å²) in [5, 5.41) is 7.94. The number of ketones is 1. The van der Waals surface area contributed by atoms with Gasteiger partial charge in [-0.1, -0.05) is 19.1 Å². The first-order chi connectivity index (χ1) is 19.4. The van der Waals surface area contributed by atoms with E-state index in [4.69, 9.17) is 4.74 Å². The van der Waals surface area contributed by atoms with Gasteiger partial charge in [-0.15, -0.1) is 0 Å². The van der Waals surface area contributed by atoms with E-state index in [9.17, 15) is 18.0 Å². The number of aryl methyl sites for hydroxylation is 3. The van der Waals surface area contributed by atoms with Crippen LogP contribution in [0.25, 0.3) is 5.82 Å². The number of aromatic nitrogens is 4. The number of Topliss-reactive ketones (excluding diaryl/α,β-unsaturated/α-hetero) is 1. The summed E-state index contributed by atoms with van der Waals surface area (Å²) in [6.07, 6.45) is -2.45. The van der Waals surface area contributed by atoms with Crippen LogP contribution >= 0.6 is 0 Å². The number of benzene rings is 2. The summed E-state index contributed by atoms with van der Waals surface area (Å²) in [7, 11) is 3.67. The third-order valence-electron chi connectivity index (χ3n) is 6.41. The van der Waals surface area contributed by atoms with E-state index in [1.54, 1.807) is 10.7 Å². The average molecular weight is 567 g/mol. The van der Waals surface area contributed by atoms with Crippen molar-refractivity contribution in [2.75, 3.05) is 32.6 Å². The minimum Gasteiger partial charge on any atom is -0.492 e. The maximum atomic E-state index is 13.6. The van der Waals surface area contributed by atoms with Crippen LogP contribution in [-0.2, 0) is 19.0 Å². The second-order valence-electron chi connectivity index (χ2n) is 10.1. The molecule has 0 fully saturated rings. The molecule has 2 heterocycles. The maximum absolute atomic E-state index is 13.6. The van der Waals surface area contributed by atoms with Crippen LogP contribution in [0.5, 0.6) is 5.75 Å². The van der Waals surface area contributed by atoms with Gasteiger partial charge in [0.15, 0.2) is 11.6 Å². The number of nitrogens with zero attached hydrogens (tertiary/aromatic N) is 5. The van der Waals surface area contributed by atoms with Crippen molar-refractivity contribution >= 4 is 17.3 Å². The molecule has 4 rings (SSSR count). The number of carbonyl (C=O) groups excluding carboxylic acids is 1. The largest absolute Gasteiger partial charge is 0.492 e. The average Bonchev–Trinajstić information content (AvgIpc) is 3.29. The van der Waals surface area contributed by atoms with Gasteiger partial charge in [-0.2, -0.15) is 23.0 Å². The lowest BCUT2D eigenvalue weighted by Gasteiger charge is -2.15. The summed E-state index contributed by atoms with van der Waals surface area (Å²) in [6.45, 7) is 6.52. The van der Waals surface area contributed by atoms with Crippen molar-refractivity contribution in [1.29, 1.82) is 0 Å². The second-order valence-corrected chi connectivity index (χ2v) is 10.1. The number of hydrogen-bond acceptors (Lipinski definition) is 7. The van der Waals surface area contributed by atoms with Crippen molar-refractivity contribution in [3.8, 4) is 11.6 Å². The van der Waals surface area contributed by atoms with Crippen molar-refractivity contribution in [3.05, 3.63) is 88.5 Å². The fourth-order valence-corrected chi connectivity index (χ4v) is 4.15. The summed E-state index contributed by atoms with van der Waals surface area (Å²) < 4.78 is 48.0. The van der Waals surface area contributed by atoms with Crippen molar-refractivity contribution < 1.29 is 22.7 Å². The van der Waals surface area contributed by atoms with Crippen LogP contribution in [-0.4, -0.2) is 57.7 Å². The van der Waals surface area contributed by atoms with Crippen molar-refractivity contribution in [1.82, 2.24) is 24.6 Å². The van der Waals surface area contributed by atoms with E-state index in [-0.39, 0.29) is 24.3 Å². The van der Waals surface area contributed by atoms with E-state index in [2.05, 4.69) is 20.4 Å². The molecule has 0 saturated carbocycles. The minimum absolute atomic E-state index is 0.0101. The highest BCUT2D eigenvalue weighted by molar-refractivity contribution is 5.98. The molecule has 8 nitrogen and oxygen atoms in total. The zero-order valence-corrected chi connectivity index (χ0v) is 23.7. The Labute approximate surface area is 237 Å². The lowest BCUT2D eigenvalue weighted by atomic mass is 9.99. The van der Waals surface area contributed by atoms with E-state index in [0.717, 1.165) is 41.2 Å². The summed E-state index contributed by atoms with van der Waals surface area (Å²) in [5.41, 5.74) is 2.98. The Bertz CT molecular complexity index is 1530. The highest BCUT2D eigenvalue weighted by atomic mass is 19.4. The molecule has 0 bridgehead atoms. The predicted molar refractivity (Wildman–Crippen MR) is 151 cm³/mol. The van der Waals surface area contributed by atoms with Gasteiger partial charge in [0.1, 0.15) is 24.5 Å². The van der Waals surface area contributed by atoms with Gasteiger partial charge in [-0.3, -0.25) is 4.79 Å². The summed E-state index contributed by atoms with van der Waals surface area (Å²) in [6, 6.07) is 12.4. The Morgan fingerprint density at radius 2 is 1.83 bits per heavy atom. The molecule has 216 valence electrons. The number of hydrogen-bond donors (Lipinski definition) is 1. The number of rotatable bonds is 11. The summed E-state index contributed by atoms with van der Waals surface area (Å²) in [4.78, 5) is 23.7. The molecule has 2 aromatic heterocycles. The van der Waals surface area contributed by atoms with Crippen molar-refractivity contribution in [3.63, 3.8) is 0 Å². The van der Waals surface area contributed by atoms with Gasteiger partial charge in [0.25, 0.3) is 0 Å². The fourth-order valence-electron chi connectivity index (χ4n) is 4.15. The highest BCUT2D eigenvalue weighted by Gasteiger charge is 2.32. The molecule has 0 aliphatic heterocycles. The van der Waals surface area contributed by atoms with Crippen molar-refractivity contribution in [2.24, 2.45) is 0 Å². The zero-order valence-electron chi connectivity index (χ0n) is 23.7. The first kappa shape index (κ1) is 29.7. The van der Waals surface area contributed by atoms with Crippen LogP contribution in [0.3, 0.4) is 0 Å². The van der Waals surface area contributed by atoms with Gasteiger partial charge in [0, 0.05) is 42.0 Å². The Kier molecular flexibility index (Phi) is 9.07. The molecule has 0 amide bonds. The molecule has 0 atom stereocenters. The van der Waals surface area contributed by atoms with E-state index in [1.165, 1.54) is 12.4 Å². The fraction of sp³-hybridized carbons (Fsp3) is 0.333. The lowest BCUT2D eigenvalue weighted by Crippen LogP contribution is -2.19. The Morgan fingerprint density at radius 3 is 2.54 bits per heavy atom. The molecule has 0 spiro atoms. The molecule has 0 unspecified atom stereocenters. The minimum atomic E-state index is -4.61. The van der Waals surface area contributed by atoms with Gasteiger partial charge in [-0.25, -0.2) is 9.97 Å². The van der Waals surface area contributed by atoms with Crippen LogP contribution in [0.15, 0.2) is 54.9 Å². The summed E-state index contributed by atoms with van der Waals surface area (Å²) >= 11 is 0. The van der Waals surface area contributed by atoms with Gasteiger partial charge >= 0.3 is 6.18 Å². The number of carbonyl (C=O) groups is 1. The quantitative estimate of drug-likeness (QED) is 0.224. The van der Waals surface area contributed by atoms with Crippen LogP contribution in [0.2, 0.25) is 0 Å². The summed E-state index contributed by atoms with van der Waals surface area (Å²) in [5.74, 6) is 0.852. The lowest BCUT2D eigenvalue weighted by molar-refractivity contribution is -0.137. The number of likely N-dealkylation sites (N-methyl/N-ethyl adjacent to an activating group) is 1. The first-order valence-corrected chi connectivity index (χ1v) is 13.2. The molecule has 4 aromatic rings. The van der Waals surface area contributed by atoms with Crippen LogP contribution in [0.4, 0.5) is 24.7 Å². The SMILES string of the molecule is CCc1cc(-n2nc(C)cc2Nc2cc(CC(=O)c3cc(OCCN(C)C)cc(C(F)(F)F)c3)ccc2C)ncn1. The Hall–Kier alpha value is -4.25. The van der Waals surface area contributed by atoms with Gasteiger partial charge in [-0.05, 0) is 69.8 Å². The maximum Gasteiger partial charge on any atom is 0.416 e. The Balaban J connectivity index is 1.58. The van der Waals surface area contributed by atoms with E-state index >= 15 is 0 Å². The Morgan fingerprint density at radius 1 is 1.05 bits per heavy atom. The van der Waals surface area contributed by atoms with E-state index < -0.39 is 17.5 Å². The zero-order chi connectivity index (χ0) is 29.7. The standard InChI is InChI=1S/C30H33F3N6O2/c1-6-24-17-28(35-18-34-24)39-29(11-20(3)37-39)36-26-12-21(8-7-19(26)2)13-27(40)22-14-23(30(31,32)33)16-25(15-22)41-10-9-38(4)5/h7-8,11-12,14-18,36H,6,9-10,13H2,1-5H3. The predicted octanol–water partition coefficient (Wildman–Crippen LogP) is 5.97. The number of nitrogens with one attached hydrogen (secondary N) is 1. The monoisotopic (exact) mass is 566 g/mol. The van der Waals surface area contributed by atoms with Crippen LogP contribution < -0.4 is 10.1 Å². The van der Waals surface area contributed by atoms with Gasteiger partial charge < -0.3 is 15.0 Å².